The lowest BCUT2D eigenvalue weighted by Gasteiger charge is -2.04. The number of hydrogen-bond donors (Lipinski definition) is 2. The van der Waals surface area contributed by atoms with Crippen molar-refractivity contribution in [3.05, 3.63) is 46.1 Å². The molecule has 1 atom stereocenters. The molecular weight excluding hydrogens is 285 g/mol. The van der Waals surface area contributed by atoms with Gasteiger partial charge in [0.25, 0.3) is 0 Å². The van der Waals surface area contributed by atoms with Gasteiger partial charge in [0.15, 0.2) is 0 Å². The summed E-state index contributed by atoms with van der Waals surface area (Å²) in [5.74, 6) is 1.55. The molecule has 0 saturated carbocycles. The molecule has 0 bridgehead atoms. The van der Waals surface area contributed by atoms with Crippen molar-refractivity contribution in [1.29, 1.82) is 0 Å². The molecule has 1 aromatic carbocycles. The summed E-state index contributed by atoms with van der Waals surface area (Å²) in [5, 5.41) is 13.3. The SMILES string of the molecule is C[C@H](O)CNCc1ccc(-c2ccc(Cl)c(Cl)c2)o1. The van der Waals surface area contributed by atoms with Crippen molar-refractivity contribution in [3.63, 3.8) is 0 Å². The van der Waals surface area contributed by atoms with Gasteiger partial charge in [0.2, 0.25) is 0 Å². The minimum Gasteiger partial charge on any atom is -0.460 e. The van der Waals surface area contributed by atoms with E-state index in [1.165, 1.54) is 0 Å². The summed E-state index contributed by atoms with van der Waals surface area (Å²) in [4.78, 5) is 0. The quantitative estimate of drug-likeness (QED) is 0.884. The van der Waals surface area contributed by atoms with Gasteiger partial charge in [-0.05, 0) is 37.3 Å². The molecule has 0 amide bonds. The zero-order valence-corrected chi connectivity index (χ0v) is 12.0. The van der Waals surface area contributed by atoms with Gasteiger partial charge in [0.1, 0.15) is 11.5 Å². The largest absolute Gasteiger partial charge is 0.460 e. The lowest BCUT2D eigenvalue weighted by molar-refractivity contribution is 0.190. The molecule has 0 spiro atoms. The summed E-state index contributed by atoms with van der Waals surface area (Å²) in [7, 11) is 0. The molecule has 0 unspecified atom stereocenters. The van der Waals surface area contributed by atoms with E-state index in [2.05, 4.69) is 5.32 Å². The lowest BCUT2D eigenvalue weighted by atomic mass is 10.2. The minimum atomic E-state index is -0.371. The van der Waals surface area contributed by atoms with Crippen molar-refractivity contribution in [1.82, 2.24) is 5.32 Å². The summed E-state index contributed by atoms with van der Waals surface area (Å²) in [6.45, 7) is 2.84. The van der Waals surface area contributed by atoms with Gasteiger partial charge in [0.05, 0.1) is 22.7 Å². The fourth-order valence-corrected chi connectivity index (χ4v) is 1.98. The zero-order chi connectivity index (χ0) is 13.8. The number of hydrogen-bond acceptors (Lipinski definition) is 3. The van der Waals surface area contributed by atoms with Crippen LogP contribution in [0.3, 0.4) is 0 Å². The number of furan rings is 1. The van der Waals surface area contributed by atoms with Crippen LogP contribution in [0.15, 0.2) is 34.7 Å². The predicted octanol–water partition coefficient (Wildman–Crippen LogP) is 3.72. The van der Waals surface area contributed by atoms with E-state index in [1.54, 1.807) is 19.1 Å². The molecular formula is C14H15Cl2NO2. The Morgan fingerprint density at radius 3 is 2.68 bits per heavy atom. The molecule has 19 heavy (non-hydrogen) atoms. The van der Waals surface area contributed by atoms with Crippen molar-refractivity contribution >= 4 is 23.2 Å². The Balaban J connectivity index is 2.05. The van der Waals surface area contributed by atoms with E-state index in [-0.39, 0.29) is 6.10 Å². The van der Waals surface area contributed by atoms with Crippen LogP contribution >= 0.6 is 23.2 Å². The third-order valence-corrected chi connectivity index (χ3v) is 3.34. The van der Waals surface area contributed by atoms with Gasteiger partial charge in [0, 0.05) is 12.1 Å². The van der Waals surface area contributed by atoms with Crippen molar-refractivity contribution in [2.45, 2.75) is 19.6 Å². The molecule has 0 aliphatic rings. The molecule has 0 radical (unpaired) electrons. The normalized spacial score (nSPS) is 12.6. The number of benzene rings is 1. The topological polar surface area (TPSA) is 45.4 Å². The fraction of sp³-hybridized carbons (Fsp3) is 0.286. The third kappa shape index (κ3) is 3.98. The van der Waals surface area contributed by atoms with Crippen molar-refractivity contribution in [2.75, 3.05) is 6.54 Å². The van der Waals surface area contributed by atoms with Crippen molar-refractivity contribution < 1.29 is 9.52 Å². The molecule has 5 heteroatoms. The number of rotatable bonds is 5. The van der Waals surface area contributed by atoms with Gasteiger partial charge >= 0.3 is 0 Å². The molecule has 2 aromatic rings. The second-order valence-electron chi connectivity index (χ2n) is 4.37. The highest BCUT2D eigenvalue weighted by atomic mass is 35.5. The third-order valence-electron chi connectivity index (χ3n) is 2.60. The highest BCUT2D eigenvalue weighted by Crippen LogP contribution is 2.29. The summed E-state index contributed by atoms with van der Waals surface area (Å²) < 4.78 is 5.70. The molecule has 102 valence electrons. The summed E-state index contributed by atoms with van der Waals surface area (Å²) in [6.07, 6.45) is -0.371. The second-order valence-corrected chi connectivity index (χ2v) is 5.19. The zero-order valence-electron chi connectivity index (χ0n) is 10.5. The van der Waals surface area contributed by atoms with E-state index in [0.717, 1.165) is 17.1 Å². The molecule has 1 aromatic heterocycles. The molecule has 1 heterocycles. The molecule has 0 aliphatic heterocycles. The molecule has 0 saturated heterocycles. The summed E-state index contributed by atoms with van der Waals surface area (Å²) >= 11 is 11.9. The maximum absolute atomic E-state index is 9.15. The Morgan fingerprint density at radius 1 is 1.21 bits per heavy atom. The van der Waals surface area contributed by atoms with E-state index < -0.39 is 0 Å². The standard InChI is InChI=1S/C14H15Cl2NO2/c1-9(18)7-17-8-11-3-5-14(19-11)10-2-4-12(15)13(16)6-10/h2-6,9,17-18H,7-8H2,1H3/t9-/m0/s1. The first-order chi connectivity index (χ1) is 9.06. The Labute approximate surface area is 122 Å². The van der Waals surface area contributed by atoms with Gasteiger partial charge in [-0.25, -0.2) is 0 Å². The van der Waals surface area contributed by atoms with Crippen molar-refractivity contribution in [3.8, 4) is 11.3 Å². The van der Waals surface area contributed by atoms with E-state index in [0.29, 0.717) is 23.1 Å². The number of aliphatic hydroxyl groups excluding tert-OH is 1. The minimum absolute atomic E-state index is 0.371. The summed E-state index contributed by atoms with van der Waals surface area (Å²) in [6, 6.07) is 9.16. The van der Waals surface area contributed by atoms with Crippen molar-refractivity contribution in [2.24, 2.45) is 0 Å². The van der Waals surface area contributed by atoms with Gasteiger partial charge in [-0.2, -0.15) is 0 Å². The molecule has 2 N–H and O–H groups in total. The first-order valence-electron chi connectivity index (χ1n) is 5.99. The molecule has 2 rings (SSSR count). The first-order valence-corrected chi connectivity index (χ1v) is 6.75. The number of halogens is 2. The fourth-order valence-electron chi connectivity index (χ4n) is 1.68. The van der Waals surface area contributed by atoms with E-state index in [1.807, 2.05) is 18.2 Å². The smallest absolute Gasteiger partial charge is 0.134 e. The maximum atomic E-state index is 9.15. The van der Waals surface area contributed by atoms with Gasteiger partial charge in [-0.3, -0.25) is 0 Å². The molecule has 0 aliphatic carbocycles. The Kier molecular flexibility index (Phi) is 4.88. The van der Waals surface area contributed by atoms with Crippen LogP contribution in [-0.2, 0) is 6.54 Å². The first kappa shape index (κ1) is 14.4. The van der Waals surface area contributed by atoms with Crippen LogP contribution in [0.5, 0.6) is 0 Å². The van der Waals surface area contributed by atoms with Crippen LogP contribution < -0.4 is 5.32 Å². The van der Waals surface area contributed by atoms with Crippen LogP contribution in [0.2, 0.25) is 10.0 Å². The monoisotopic (exact) mass is 299 g/mol. The highest BCUT2D eigenvalue weighted by Gasteiger charge is 2.07. The maximum Gasteiger partial charge on any atom is 0.134 e. The molecule has 0 fully saturated rings. The Morgan fingerprint density at radius 2 is 2.00 bits per heavy atom. The predicted molar refractivity (Wildman–Crippen MR) is 77.6 cm³/mol. The Hall–Kier alpha value is -1.00. The van der Waals surface area contributed by atoms with Crippen LogP contribution in [0.1, 0.15) is 12.7 Å². The highest BCUT2D eigenvalue weighted by molar-refractivity contribution is 6.42. The van der Waals surface area contributed by atoms with Crippen LogP contribution in [0, 0.1) is 0 Å². The van der Waals surface area contributed by atoms with Gasteiger partial charge in [-0.15, -0.1) is 0 Å². The van der Waals surface area contributed by atoms with Crippen LogP contribution in [-0.4, -0.2) is 17.8 Å². The average Bonchev–Trinajstić information content (AvgIpc) is 2.81. The van der Waals surface area contributed by atoms with Crippen LogP contribution in [0.4, 0.5) is 0 Å². The van der Waals surface area contributed by atoms with E-state index >= 15 is 0 Å². The van der Waals surface area contributed by atoms with Crippen LogP contribution in [0.25, 0.3) is 11.3 Å². The number of aliphatic hydroxyl groups is 1. The van der Waals surface area contributed by atoms with E-state index in [9.17, 15) is 0 Å². The average molecular weight is 300 g/mol. The van der Waals surface area contributed by atoms with E-state index in [4.69, 9.17) is 32.7 Å². The Bertz CT molecular complexity index is 552. The van der Waals surface area contributed by atoms with Gasteiger partial charge < -0.3 is 14.8 Å². The lowest BCUT2D eigenvalue weighted by Crippen LogP contribution is -2.23. The number of nitrogens with one attached hydrogen (secondary N) is 1. The second kappa shape index (κ2) is 6.44. The molecule has 3 nitrogen and oxygen atoms in total. The van der Waals surface area contributed by atoms with Gasteiger partial charge in [-0.1, -0.05) is 23.2 Å². The summed E-state index contributed by atoms with van der Waals surface area (Å²) in [5.41, 5.74) is 0.885.